The summed E-state index contributed by atoms with van der Waals surface area (Å²) >= 11 is 0. The van der Waals surface area contributed by atoms with Crippen molar-refractivity contribution in [1.29, 1.82) is 5.26 Å². The van der Waals surface area contributed by atoms with Crippen LogP contribution in [-0.2, 0) is 17.9 Å². The van der Waals surface area contributed by atoms with Crippen LogP contribution in [0.2, 0.25) is 0 Å². The largest absolute Gasteiger partial charge is 0.486 e. The molecule has 3 aromatic rings. The molecule has 8 nitrogen and oxygen atoms in total. The van der Waals surface area contributed by atoms with Crippen molar-refractivity contribution in [3.8, 4) is 11.8 Å². The third kappa shape index (κ3) is 5.77. The molecule has 1 fully saturated rings. The van der Waals surface area contributed by atoms with E-state index < -0.39 is 0 Å². The number of likely N-dealkylation sites (tertiary alicyclic amines) is 1. The number of nitriles is 1. The summed E-state index contributed by atoms with van der Waals surface area (Å²) in [5.41, 5.74) is 1.51. The highest BCUT2D eigenvalue weighted by Gasteiger charge is 2.29. The van der Waals surface area contributed by atoms with Crippen LogP contribution in [0.5, 0.6) is 5.75 Å². The Bertz CT molecular complexity index is 1130. The highest BCUT2D eigenvalue weighted by Crippen LogP contribution is 2.21. The normalized spacial score (nSPS) is 13.8. The molecular weight excluding hydrogens is 420 g/mol. The second kappa shape index (κ2) is 10.5. The lowest BCUT2D eigenvalue weighted by molar-refractivity contribution is -0.126. The Balaban J connectivity index is 1.23. The molecule has 1 N–H and O–H groups in total. The van der Waals surface area contributed by atoms with E-state index in [1.807, 2.05) is 12.1 Å². The molecular formula is C25H24N4O4. The molecule has 2 amide bonds. The van der Waals surface area contributed by atoms with Gasteiger partial charge in [0.05, 0.1) is 11.6 Å². The van der Waals surface area contributed by atoms with Crippen molar-refractivity contribution in [3.05, 3.63) is 83.6 Å². The van der Waals surface area contributed by atoms with Gasteiger partial charge in [-0.1, -0.05) is 6.07 Å². The maximum atomic E-state index is 12.8. The second-order valence-electron chi connectivity index (χ2n) is 7.84. The number of ether oxygens (including phenoxy) is 1. The Morgan fingerprint density at radius 2 is 1.94 bits per heavy atom. The van der Waals surface area contributed by atoms with Gasteiger partial charge in [-0.25, -0.2) is 0 Å². The number of aromatic nitrogens is 1. The number of furan rings is 1. The van der Waals surface area contributed by atoms with Crippen LogP contribution in [0, 0.1) is 17.2 Å². The third-order valence-corrected chi connectivity index (χ3v) is 5.58. The average molecular weight is 444 g/mol. The Morgan fingerprint density at radius 1 is 1.15 bits per heavy atom. The summed E-state index contributed by atoms with van der Waals surface area (Å²) in [6.07, 6.45) is 4.65. The molecule has 1 aliphatic heterocycles. The fourth-order valence-electron chi connectivity index (χ4n) is 3.69. The molecule has 0 radical (unpaired) electrons. The van der Waals surface area contributed by atoms with E-state index in [0.717, 1.165) is 5.56 Å². The van der Waals surface area contributed by atoms with E-state index in [1.54, 1.807) is 53.7 Å². The van der Waals surface area contributed by atoms with Crippen LogP contribution in [0.1, 0.15) is 40.3 Å². The predicted octanol–water partition coefficient (Wildman–Crippen LogP) is 3.29. The summed E-state index contributed by atoms with van der Waals surface area (Å²) < 4.78 is 11.3. The number of piperidine rings is 1. The minimum Gasteiger partial charge on any atom is -0.486 e. The standard InChI is InChI=1S/C25H24N4O4/c26-14-18-3-5-21(6-4-18)32-17-22-7-8-23(33-22)25(31)29-12-9-20(10-13-29)24(30)28-16-19-2-1-11-27-15-19/h1-8,11,15,20H,9-10,12-13,16-17H2,(H,28,30). The first kappa shape index (κ1) is 22.1. The zero-order valence-electron chi connectivity index (χ0n) is 18.1. The van der Waals surface area contributed by atoms with Crippen molar-refractivity contribution < 1.29 is 18.7 Å². The van der Waals surface area contributed by atoms with Gasteiger partial charge >= 0.3 is 0 Å². The Hall–Kier alpha value is -4.12. The van der Waals surface area contributed by atoms with Crippen LogP contribution < -0.4 is 10.1 Å². The predicted molar refractivity (Wildman–Crippen MR) is 119 cm³/mol. The SMILES string of the molecule is N#Cc1ccc(OCc2ccc(C(=O)N3CCC(C(=O)NCc4cccnc4)CC3)o2)cc1. The lowest BCUT2D eigenvalue weighted by atomic mass is 9.95. The van der Waals surface area contributed by atoms with Gasteiger partial charge in [0, 0.05) is 37.9 Å². The Morgan fingerprint density at radius 3 is 2.64 bits per heavy atom. The number of nitrogens with one attached hydrogen (secondary N) is 1. The quantitative estimate of drug-likeness (QED) is 0.599. The summed E-state index contributed by atoms with van der Waals surface area (Å²) in [5, 5.41) is 11.8. The third-order valence-electron chi connectivity index (χ3n) is 5.58. The topological polar surface area (TPSA) is 108 Å². The maximum Gasteiger partial charge on any atom is 0.289 e. The molecule has 33 heavy (non-hydrogen) atoms. The van der Waals surface area contributed by atoms with Crippen LogP contribution in [0.15, 0.2) is 65.3 Å². The molecule has 0 aliphatic carbocycles. The summed E-state index contributed by atoms with van der Waals surface area (Å²) in [6, 6.07) is 16.0. The number of carbonyl (C=O) groups is 2. The summed E-state index contributed by atoms with van der Waals surface area (Å²) in [6.45, 7) is 1.63. The van der Waals surface area contributed by atoms with Crippen LogP contribution >= 0.6 is 0 Å². The fraction of sp³-hybridized carbons (Fsp3) is 0.280. The van der Waals surface area contributed by atoms with Crippen molar-refractivity contribution in [2.45, 2.75) is 26.0 Å². The van der Waals surface area contributed by atoms with E-state index in [1.165, 1.54) is 0 Å². The van der Waals surface area contributed by atoms with Gasteiger partial charge in [0.2, 0.25) is 5.91 Å². The lowest BCUT2D eigenvalue weighted by Gasteiger charge is -2.30. The van der Waals surface area contributed by atoms with Gasteiger partial charge in [0.15, 0.2) is 5.76 Å². The summed E-state index contributed by atoms with van der Waals surface area (Å²) in [7, 11) is 0. The molecule has 0 spiro atoms. The molecule has 3 heterocycles. The number of pyridine rings is 1. The number of amides is 2. The van der Waals surface area contributed by atoms with Gasteiger partial charge in [-0.15, -0.1) is 0 Å². The fourth-order valence-corrected chi connectivity index (χ4v) is 3.69. The molecule has 2 aromatic heterocycles. The van der Waals surface area contributed by atoms with Gasteiger partial charge in [0.25, 0.3) is 5.91 Å². The van der Waals surface area contributed by atoms with Crippen LogP contribution in [0.3, 0.4) is 0 Å². The molecule has 0 unspecified atom stereocenters. The van der Waals surface area contributed by atoms with E-state index in [9.17, 15) is 9.59 Å². The number of rotatable bonds is 7. The van der Waals surface area contributed by atoms with Gasteiger partial charge in [-0.3, -0.25) is 14.6 Å². The highest BCUT2D eigenvalue weighted by atomic mass is 16.5. The van der Waals surface area contributed by atoms with E-state index in [0.29, 0.717) is 49.5 Å². The van der Waals surface area contributed by atoms with Gasteiger partial charge < -0.3 is 19.4 Å². The minimum absolute atomic E-state index is 0.00573. The van der Waals surface area contributed by atoms with Crippen LogP contribution in [-0.4, -0.2) is 34.8 Å². The Labute approximate surface area is 191 Å². The first-order chi connectivity index (χ1) is 16.1. The summed E-state index contributed by atoms with van der Waals surface area (Å²) in [5.74, 6) is 1.11. The zero-order chi connectivity index (χ0) is 23.0. The molecule has 4 rings (SSSR count). The average Bonchev–Trinajstić information content (AvgIpc) is 3.36. The molecule has 0 bridgehead atoms. The van der Waals surface area contributed by atoms with Crippen molar-refractivity contribution in [2.24, 2.45) is 5.92 Å². The molecule has 0 saturated carbocycles. The first-order valence-corrected chi connectivity index (χ1v) is 10.8. The molecule has 168 valence electrons. The molecule has 1 saturated heterocycles. The van der Waals surface area contributed by atoms with E-state index >= 15 is 0 Å². The molecule has 0 atom stereocenters. The van der Waals surface area contributed by atoms with Crippen LogP contribution in [0.25, 0.3) is 0 Å². The second-order valence-corrected chi connectivity index (χ2v) is 7.84. The van der Waals surface area contributed by atoms with Crippen molar-refractivity contribution in [2.75, 3.05) is 13.1 Å². The maximum absolute atomic E-state index is 12.8. The van der Waals surface area contributed by atoms with Gasteiger partial charge in [-0.2, -0.15) is 5.26 Å². The van der Waals surface area contributed by atoms with Crippen molar-refractivity contribution >= 4 is 11.8 Å². The molecule has 8 heteroatoms. The lowest BCUT2D eigenvalue weighted by Crippen LogP contribution is -2.42. The number of hydrogen-bond acceptors (Lipinski definition) is 6. The van der Waals surface area contributed by atoms with Crippen molar-refractivity contribution in [1.82, 2.24) is 15.2 Å². The van der Waals surface area contributed by atoms with Gasteiger partial charge in [0.1, 0.15) is 18.1 Å². The van der Waals surface area contributed by atoms with E-state index in [2.05, 4.69) is 16.4 Å². The van der Waals surface area contributed by atoms with E-state index in [-0.39, 0.29) is 30.1 Å². The molecule has 1 aliphatic rings. The van der Waals surface area contributed by atoms with E-state index in [4.69, 9.17) is 14.4 Å². The Kier molecular flexibility index (Phi) is 7.00. The number of carbonyl (C=O) groups excluding carboxylic acids is 2. The van der Waals surface area contributed by atoms with Crippen LogP contribution in [0.4, 0.5) is 0 Å². The molecule has 1 aromatic carbocycles. The minimum atomic E-state index is -0.186. The smallest absolute Gasteiger partial charge is 0.289 e. The first-order valence-electron chi connectivity index (χ1n) is 10.8. The van der Waals surface area contributed by atoms with Gasteiger partial charge in [-0.05, 0) is 60.9 Å². The number of nitrogens with zero attached hydrogens (tertiary/aromatic N) is 3. The van der Waals surface area contributed by atoms with Crippen molar-refractivity contribution in [3.63, 3.8) is 0 Å². The zero-order valence-corrected chi connectivity index (χ0v) is 18.1. The monoisotopic (exact) mass is 444 g/mol. The summed E-state index contributed by atoms with van der Waals surface area (Å²) in [4.78, 5) is 31.0. The number of hydrogen-bond donors (Lipinski definition) is 1. The number of benzene rings is 1. The highest BCUT2D eigenvalue weighted by molar-refractivity contribution is 5.91.